The van der Waals surface area contributed by atoms with Gasteiger partial charge in [-0.1, -0.05) is 0 Å². The minimum absolute atomic E-state index is 2.01. The molecule has 0 aliphatic heterocycles. The van der Waals surface area contributed by atoms with Gasteiger partial charge in [-0.05, 0) is 0 Å². The van der Waals surface area contributed by atoms with Crippen molar-refractivity contribution < 1.29 is 58.9 Å². The molecule has 0 spiro atoms. The van der Waals surface area contributed by atoms with Crippen LogP contribution in [0.1, 0.15) is 0 Å². The van der Waals surface area contributed by atoms with Crippen LogP contribution in [0.4, 0.5) is 43.9 Å². The standard InChI is InChI=1S/C7H6F10O3/c8-3(9)4(10,2(19)1-18)20-7(16,17)5(11,12)6(13,14)15/h2-3,18-19H,1H2. The minimum Gasteiger partial charge on any atom is -0.393 e. The molecule has 0 radical (unpaired) electrons. The van der Waals surface area contributed by atoms with Crippen LogP contribution in [0.15, 0.2) is 0 Å². The van der Waals surface area contributed by atoms with Crippen LogP contribution in [0, 0.1) is 0 Å². The summed E-state index contributed by atoms with van der Waals surface area (Å²) in [6.07, 6.45) is -21.9. The molecule has 122 valence electrons. The highest BCUT2D eigenvalue weighted by molar-refractivity contribution is 4.90. The van der Waals surface area contributed by atoms with Crippen LogP contribution in [-0.4, -0.2) is 53.4 Å². The van der Waals surface area contributed by atoms with Crippen LogP contribution in [0.2, 0.25) is 0 Å². The quantitative estimate of drug-likeness (QED) is 0.734. The maximum Gasteiger partial charge on any atom is 0.462 e. The topological polar surface area (TPSA) is 49.7 Å². The lowest BCUT2D eigenvalue weighted by Gasteiger charge is -2.35. The highest BCUT2D eigenvalue weighted by Gasteiger charge is 2.77. The van der Waals surface area contributed by atoms with Gasteiger partial charge >= 0.3 is 24.1 Å². The smallest absolute Gasteiger partial charge is 0.393 e. The zero-order valence-corrected chi connectivity index (χ0v) is 8.94. The number of hydrogen-bond acceptors (Lipinski definition) is 3. The predicted molar refractivity (Wildman–Crippen MR) is 40.0 cm³/mol. The number of aliphatic hydroxyl groups is 2. The van der Waals surface area contributed by atoms with Gasteiger partial charge in [0.2, 0.25) is 0 Å². The summed E-state index contributed by atoms with van der Waals surface area (Å²) in [7, 11) is 0. The van der Waals surface area contributed by atoms with Gasteiger partial charge in [-0.25, -0.2) is 13.2 Å². The average molecular weight is 328 g/mol. The Labute approximate surface area is 103 Å². The molecule has 0 bridgehead atoms. The van der Waals surface area contributed by atoms with Crippen molar-refractivity contribution in [1.29, 1.82) is 0 Å². The van der Waals surface area contributed by atoms with Gasteiger partial charge in [-0.3, -0.25) is 4.74 Å². The normalized spacial score (nSPS) is 19.1. The first kappa shape index (κ1) is 19.2. The maximum atomic E-state index is 13.2. The van der Waals surface area contributed by atoms with Crippen molar-refractivity contribution in [3.05, 3.63) is 0 Å². The number of halogens is 10. The lowest BCUT2D eigenvalue weighted by atomic mass is 10.1. The first-order chi connectivity index (χ1) is 8.63. The number of alkyl halides is 10. The van der Waals surface area contributed by atoms with E-state index in [2.05, 4.69) is 4.74 Å². The molecule has 0 saturated carbocycles. The summed E-state index contributed by atoms with van der Waals surface area (Å²) in [5, 5.41) is 16.6. The molecule has 0 saturated heterocycles. The van der Waals surface area contributed by atoms with E-state index in [1.54, 1.807) is 0 Å². The summed E-state index contributed by atoms with van der Waals surface area (Å²) in [5.74, 6) is -12.4. The molecule has 0 fully saturated rings. The van der Waals surface area contributed by atoms with Gasteiger partial charge < -0.3 is 10.2 Å². The molecule has 0 heterocycles. The largest absolute Gasteiger partial charge is 0.462 e. The Morgan fingerprint density at radius 3 is 1.55 bits per heavy atom. The fraction of sp³-hybridized carbons (Fsp3) is 1.00. The van der Waals surface area contributed by atoms with Gasteiger partial charge in [0.05, 0.1) is 6.61 Å². The molecule has 13 heteroatoms. The highest BCUT2D eigenvalue weighted by Crippen LogP contribution is 2.49. The van der Waals surface area contributed by atoms with Gasteiger partial charge in [-0.15, -0.1) is 0 Å². The summed E-state index contributed by atoms with van der Waals surface area (Å²) in [6.45, 7) is -2.01. The summed E-state index contributed by atoms with van der Waals surface area (Å²) >= 11 is 0. The number of hydrogen-bond donors (Lipinski definition) is 2. The zero-order chi connectivity index (χ0) is 16.6. The average Bonchev–Trinajstić information content (AvgIpc) is 2.24. The Kier molecular flexibility index (Phi) is 5.29. The first-order valence-corrected chi connectivity index (χ1v) is 4.42. The third-order valence-electron chi connectivity index (χ3n) is 1.93. The van der Waals surface area contributed by atoms with Gasteiger partial charge in [0.25, 0.3) is 6.43 Å². The monoisotopic (exact) mass is 328 g/mol. The maximum absolute atomic E-state index is 13.2. The second-order valence-corrected chi connectivity index (χ2v) is 3.39. The minimum atomic E-state index is -7.01. The molecule has 20 heavy (non-hydrogen) atoms. The molecule has 0 aliphatic rings. The van der Waals surface area contributed by atoms with Crippen molar-refractivity contribution in [2.75, 3.05) is 6.61 Å². The second-order valence-electron chi connectivity index (χ2n) is 3.39. The van der Waals surface area contributed by atoms with Gasteiger partial charge in [0, 0.05) is 0 Å². The summed E-state index contributed by atoms with van der Waals surface area (Å²) in [6, 6.07) is 0. The summed E-state index contributed by atoms with van der Waals surface area (Å²) in [5.41, 5.74) is 0. The fourth-order valence-corrected chi connectivity index (χ4v) is 0.808. The molecule has 2 N–H and O–H groups in total. The van der Waals surface area contributed by atoms with Gasteiger partial charge in [0.15, 0.2) is 0 Å². The Balaban J connectivity index is 5.54. The van der Waals surface area contributed by atoms with Crippen LogP contribution < -0.4 is 0 Å². The van der Waals surface area contributed by atoms with Crippen LogP contribution in [0.25, 0.3) is 0 Å². The fourth-order valence-electron chi connectivity index (χ4n) is 0.808. The molecule has 0 aromatic rings. The van der Waals surface area contributed by atoms with Crippen LogP contribution in [0.5, 0.6) is 0 Å². The molecule has 0 amide bonds. The third-order valence-corrected chi connectivity index (χ3v) is 1.93. The molecule has 0 aliphatic carbocycles. The van der Waals surface area contributed by atoms with E-state index in [4.69, 9.17) is 10.2 Å². The third kappa shape index (κ3) is 3.25. The van der Waals surface area contributed by atoms with E-state index in [1.807, 2.05) is 0 Å². The predicted octanol–water partition coefficient (Wildman–Crippen LogP) is 2.08. The van der Waals surface area contributed by atoms with Gasteiger partial charge in [-0.2, -0.15) is 30.7 Å². The Morgan fingerprint density at radius 2 is 1.30 bits per heavy atom. The lowest BCUT2D eigenvalue weighted by molar-refractivity contribution is -0.472. The molecule has 2 atom stereocenters. The molecular weight excluding hydrogens is 322 g/mol. The summed E-state index contributed by atoms with van der Waals surface area (Å²) in [4.78, 5) is 0. The van der Waals surface area contributed by atoms with E-state index in [0.717, 1.165) is 0 Å². The number of aliphatic hydroxyl groups excluding tert-OH is 2. The summed E-state index contributed by atoms with van der Waals surface area (Å²) < 4.78 is 124. The Morgan fingerprint density at radius 1 is 0.900 bits per heavy atom. The van der Waals surface area contributed by atoms with E-state index < -0.39 is 43.2 Å². The van der Waals surface area contributed by atoms with E-state index in [9.17, 15) is 43.9 Å². The van der Waals surface area contributed by atoms with Gasteiger partial charge in [0.1, 0.15) is 6.10 Å². The molecule has 0 rings (SSSR count). The van der Waals surface area contributed by atoms with E-state index in [0.29, 0.717) is 0 Å². The first-order valence-electron chi connectivity index (χ1n) is 4.42. The van der Waals surface area contributed by atoms with Crippen molar-refractivity contribution in [3.63, 3.8) is 0 Å². The lowest BCUT2D eigenvalue weighted by Crippen LogP contribution is -2.60. The van der Waals surface area contributed by atoms with Crippen LogP contribution in [0.3, 0.4) is 0 Å². The van der Waals surface area contributed by atoms with E-state index in [-0.39, 0.29) is 0 Å². The van der Waals surface area contributed by atoms with Crippen molar-refractivity contribution >= 4 is 0 Å². The molecule has 0 aromatic heterocycles. The van der Waals surface area contributed by atoms with Crippen molar-refractivity contribution in [1.82, 2.24) is 0 Å². The molecule has 0 aromatic carbocycles. The Bertz CT molecular complexity index is 329. The SMILES string of the molecule is OCC(O)C(F)(OC(F)(F)C(F)(F)C(F)(F)F)C(F)F. The number of rotatable bonds is 6. The molecule has 3 nitrogen and oxygen atoms in total. The van der Waals surface area contributed by atoms with Crippen molar-refractivity contribution in [2.45, 2.75) is 36.6 Å². The second kappa shape index (κ2) is 5.52. The highest BCUT2D eigenvalue weighted by atomic mass is 19.4. The number of ether oxygens (including phenoxy) is 1. The van der Waals surface area contributed by atoms with Crippen LogP contribution >= 0.6 is 0 Å². The van der Waals surface area contributed by atoms with Crippen molar-refractivity contribution in [2.24, 2.45) is 0 Å². The Hall–Kier alpha value is -0.820. The van der Waals surface area contributed by atoms with E-state index >= 15 is 0 Å². The molecule has 2 unspecified atom stereocenters. The zero-order valence-electron chi connectivity index (χ0n) is 8.94. The van der Waals surface area contributed by atoms with Crippen molar-refractivity contribution in [3.8, 4) is 0 Å². The molecular formula is C7H6F10O3. The van der Waals surface area contributed by atoms with E-state index in [1.165, 1.54) is 0 Å². The van der Waals surface area contributed by atoms with Crippen LogP contribution in [-0.2, 0) is 4.74 Å².